The number of ether oxygens (including phenoxy) is 1. The quantitative estimate of drug-likeness (QED) is 0.463. The summed E-state index contributed by atoms with van der Waals surface area (Å²) in [5, 5.41) is 13.6. The number of nitro groups is 1. The largest absolute Gasteiger partial charge is 0.379 e. The predicted molar refractivity (Wildman–Crippen MR) is 67.2 cm³/mol. The maximum atomic E-state index is 12.9. The Labute approximate surface area is 105 Å². The van der Waals surface area contributed by atoms with Crippen LogP contribution >= 0.6 is 0 Å². The summed E-state index contributed by atoms with van der Waals surface area (Å²) in [4.78, 5) is 10.1. The van der Waals surface area contributed by atoms with Crippen molar-refractivity contribution in [2.24, 2.45) is 5.92 Å². The van der Waals surface area contributed by atoms with Crippen LogP contribution in [0.2, 0.25) is 0 Å². The van der Waals surface area contributed by atoms with Gasteiger partial charge in [-0.05, 0) is 18.1 Å². The first kappa shape index (κ1) is 14.4. The molecule has 0 saturated heterocycles. The molecule has 18 heavy (non-hydrogen) atoms. The minimum atomic E-state index is -0.622. The lowest BCUT2D eigenvalue weighted by Crippen LogP contribution is -2.13. The van der Waals surface area contributed by atoms with E-state index in [2.05, 4.69) is 5.32 Å². The zero-order valence-corrected chi connectivity index (χ0v) is 10.5. The molecule has 0 saturated carbocycles. The minimum absolute atomic E-state index is 0.265. The summed E-state index contributed by atoms with van der Waals surface area (Å²) in [6.45, 7) is 5.62. The van der Waals surface area contributed by atoms with Gasteiger partial charge in [-0.25, -0.2) is 4.39 Å². The van der Waals surface area contributed by atoms with Crippen molar-refractivity contribution in [3.63, 3.8) is 0 Å². The lowest BCUT2D eigenvalue weighted by atomic mass is 10.2. The maximum absolute atomic E-state index is 12.9. The zero-order chi connectivity index (χ0) is 13.5. The molecule has 0 heterocycles. The molecule has 0 aliphatic rings. The van der Waals surface area contributed by atoms with Crippen molar-refractivity contribution in [1.82, 2.24) is 0 Å². The molecule has 0 amide bonds. The molecule has 0 aliphatic carbocycles. The zero-order valence-electron chi connectivity index (χ0n) is 10.5. The number of hydrogen-bond acceptors (Lipinski definition) is 4. The van der Waals surface area contributed by atoms with E-state index in [0.29, 0.717) is 31.4 Å². The molecule has 0 radical (unpaired) electrons. The standard InChI is InChI=1S/C12H17FN2O3/c1-9(2)8-18-6-5-14-11-4-3-10(13)7-12(11)15(16)17/h3-4,7,9,14H,5-6,8H2,1-2H3. The lowest BCUT2D eigenvalue weighted by molar-refractivity contribution is -0.384. The molecule has 1 aromatic rings. The van der Waals surface area contributed by atoms with Gasteiger partial charge in [0, 0.05) is 13.2 Å². The van der Waals surface area contributed by atoms with E-state index in [1.807, 2.05) is 13.8 Å². The fourth-order valence-corrected chi connectivity index (χ4v) is 1.38. The summed E-state index contributed by atoms with van der Waals surface area (Å²) < 4.78 is 18.2. The number of hydrogen-bond donors (Lipinski definition) is 1. The monoisotopic (exact) mass is 256 g/mol. The SMILES string of the molecule is CC(C)COCCNc1ccc(F)cc1[N+](=O)[O-]. The molecule has 5 nitrogen and oxygen atoms in total. The highest BCUT2D eigenvalue weighted by Gasteiger charge is 2.14. The molecule has 1 N–H and O–H groups in total. The molecule has 6 heteroatoms. The van der Waals surface area contributed by atoms with Crippen molar-refractivity contribution in [1.29, 1.82) is 0 Å². The third kappa shape index (κ3) is 4.67. The van der Waals surface area contributed by atoms with Crippen LogP contribution in [0.1, 0.15) is 13.8 Å². The molecule has 0 spiro atoms. The third-order valence-corrected chi connectivity index (χ3v) is 2.17. The number of benzene rings is 1. The summed E-state index contributed by atoms with van der Waals surface area (Å²) in [6.07, 6.45) is 0. The van der Waals surface area contributed by atoms with Crippen LogP contribution in [0.5, 0.6) is 0 Å². The van der Waals surface area contributed by atoms with Gasteiger partial charge < -0.3 is 10.1 Å². The molecule has 0 unspecified atom stereocenters. The first-order chi connectivity index (χ1) is 8.50. The van der Waals surface area contributed by atoms with E-state index in [9.17, 15) is 14.5 Å². The number of halogens is 1. The van der Waals surface area contributed by atoms with Crippen LogP contribution < -0.4 is 5.32 Å². The fourth-order valence-electron chi connectivity index (χ4n) is 1.38. The van der Waals surface area contributed by atoms with Gasteiger partial charge in [0.05, 0.1) is 17.6 Å². The first-order valence-electron chi connectivity index (χ1n) is 5.76. The van der Waals surface area contributed by atoms with Crippen LogP contribution in [-0.4, -0.2) is 24.7 Å². The van der Waals surface area contributed by atoms with Gasteiger partial charge in [0.25, 0.3) is 5.69 Å². The summed E-state index contributed by atoms with van der Waals surface area (Å²) in [6, 6.07) is 3.44. The lowest BCUT2D eigenvalue weighted by Gasteiger charge is -2.09. The molecule has 0 aromatic heterocycles. The molecule has 0 bridgehead atoms. The van der Waals surface area contributed by atoms with Crippen molar-refractivity contribution in [3.05, 3.63) is 34.1 Å². The number of nitro benzene ring substituents is 1. The smallest absolute Gasteiger partial charge is 0.295 e. The number of nitrogens with one attached hydrogen (secondary N) is 1. The number of anilines is 1. The highest BCUT2D eigenvalue weighted by atomic mass is 19.1. The molecular weight excluding hydrogens is 239 g/mol. The summed E-state index contributed by atoms with van der Waals surface area (Å²) in [5.74, 6) is -0.173. The Balaban J connectivity index is 2.49. The fraction of sp³-hybridized carbons (Fsp3) is 0.500. The van der Waals surface area contributed by atoms with Crippen molar-refractivity contribution < 1.29 is 14.1 Å². The Kier molecular flexibility index (Phi) is 5.51. The molecule has 1 rings (SSSR count). The van der Waals surface area contributed by atoms with Crippen LogP contribution in [0.15, 0.2) is 18.2 Å². The molecule has 0 aliphatic heterocycles. The molecule has 0 fully saturated rings. The van der Waals surface area contributed by atoms with Gasteiger partial charge in [0.1, 0.15) is 11.5 Å². The number of rotatable bonds is 7. The van der Waals surface area contributed by atoms with Crippen LogP contribution in [0.25, 0.3) is 0 Å². The Bertz CT molecular complexity index is 410. The number of nitrogens with zero attached hydrogens (tertiary/aromatic N) is 1. The van der Waals surface area contributed by atoms with Crippen LogP contribution in [0, 0.1) is 21.8 Å². The van der Waals surface area contributed by atoms with Crippen molar-refractivity contribution in [2.45, 2.75) is 13.8 Å². The van der Waals surface area contributed by atoms with Crippen molar-refractivity contribution in [3.8, 4) is 0 Å². The second-order valence-electron chi connectivity index (χ2n) is 4.31. The second-order valence-corrected chi connectivity index (χ2v) is 4.31. The van der Waals surface area contributed by atoms with Gasteiger partial charge in [-0.15, -0.1) is 0 Å². The second kappa shape index (κ2) is 6.90. The normalized spacial score (nSPS) is 10.7. The van der Waals surface area contributed by atoms with Crippen LogP contribution in [0.3, 0.4) is 0 Å². The molecular formula is C12H17FN2O3. The summed E-state index contributed by atoms with van der Waals surface area (Å²) in [5.41, 5.74) is 0.0356. The maximum Gasteiger partial charge on any atom is 0.295 e. The molecule has 100 valence electrons. The Morgan fingerprint density at radius 1 is 1.50 bits per heavy atom. The summed E-state index contributed by atoms with van der Waals surface area (Å²) in [7, 11) is 0. The van der Waals surface area contributed by atoms with Gasteiger partial charge in [-0.1, -0.05) is 13.8 Å². The summed E-state index contributed by atoms with van der Waals surface area (Å²) >= 11 is 0. The highest BCUT2D eigenvalue weighted by molar-refractivity contribution is 5.61. The third-order valence-electron chi connectivity index (χ3n) is 2.17. The van der Waals surface area contributed by atoms with E-state index in [1.165, 1.54) is 12.1 Å². The Morgan fingerprint density at radius 2 is 2.22 bits per heavy atom. The molecule has 1 aromatic carbocycles. The Hall–Kier alpha value is -1.69. The van der Waals surface area contributed by atoms with E-state index >= 15 is 0 Å². The van der Waals surface area contributed by atoms with Gasteiger partial charge in [-0.2, -0.15) is 0 Å². The highest BCUT2D eigenvalue weighted by Crippen LogP contribution is 2.24. The van der Waals surface area contributed by atoms with E-state index in [1.54, 1.807) is 0 Å². The average molecular weight is 256 g/mol. The topological polar surface area (TPSA) is 64.4 Å². The first-order valence-corrected chi connectivity index (χ1v) is 5.76. The van der Waals surface area contributed by atoms with Gasteiger partial charge in [0.15, 0.2) is 0 Å². The van der Waals surface area contributed by atoms with Crippen molar-refractivity contribution >= 4 is 11.4 Å². The van der Waals surface area contributed by atoms with Gasteiger partial charge in [-0.3, -0.25) is 10.1 Å². The van der Waals surface area contributed by atoms with Gasteiger partial charge in [0.2, 0.25) is 0 Å². The van der Waals surface area contributed by atoms with Crippen molar-refractivity contribution in [2.75, 3.05) is 25.1 Å². The minimum Gasteiger partial charge on any atom is -0.379 e. The van der Waals surface area contributed by atoms with Crippen LogP contribution in [-0.2, 0) is 4.74 Å². The average Bonchev–Trinajstić information content (AvgIpc) is 2.29. The van der Waals surface area contributed by atoms with E-state index in [-0.39, 0.29) is 5.69 Å². The van der Waals surface area contributed by atoms with Crippen LogP contribution in [0.4, 0.5) is 15.8 Å². The van der Waals surface area contributed by atoms with Gasteiger partial charge >= 0.3 is 0 Å². The van der Waals surface area contributed by atoms with E-state index in [0.717, 1.165) is 6.07 Å². The van der Waals surface area contributed by atoms with E-state index in [4.69, 9.17) is 4.74 Å². The predicted octanol–water partition coefficient (Wildman–Crippen LogP) is 2.82. The molecule has 0 atom stereocenters. The Morgan fingerprint density at radius 3 is 2.83 bits per heavy atom. The van der Waals surface area contributed by atoms with E-state index < -0.39 is 10.7 Å².